The van der Waals surface area contributed by atoms with Gasteiger partial charge in [0.25, 0.3) is 0 Å². The molecule has 4 atom stereocenters. The maximum atomic E-state index is 10.3. The predicted octanol–water partition coefficient (Wildman–Crippen LogP) is 1.34. The Kier molecular flexibility index (Phi) is 4.92. The Balaban J connectivity index is 1.61. The Hall–Kier alpha value is -1.97. The van der Waals surface area contributed by atoms with Crippen molar-refractivity contribution in [2.75, 3.05) is 6.61 Å². The van der Waals surface area contributed by atoms with Gasteiger partial charge in [-0.25, -0.2) is 9.97 Å². The molecule has 0 saturated carbocycles. The molecule has 7 nitrogen and oxygen atoms in total. The molecule has 0 spiro atoms. The van der Waals surface area contributed by atoms with Crippen molar-refractivity contribution in [3.8, 4) is 0 Å². The second-order valence-corrected chi connectivity index (χ2v) is 7.11. The summed E-state index contributed by atoms with van der Waals surface area (Å²) in [7, 11) is 0. The standard InChI is InChI=1S/C18H19N3O4S/c22-8-13-14(23)15(24)18(25-13)21-7-6-12-16(21)19-10-20-17(12)26-9-11-4-2-1-3-5-11/h1-7,10,13-15,18,22-24H,8-9H2/t13-,14+,15+,18-/m0/s1. The van der Waals surface area contributed by atoms with Gasteiger partial charge in [0, 0.05) is 11.9 Å². The third kappa shape index (κ3) is 3.10. The van der Waals surface area contributed by atoms with Gasteiger partial charge < -0.3 is 24.6 Å². The van der Waals surface area contributed by atoms with Gasteiger partial charge in [-0.15, -0.1) is 11.8 Å². The Morgan fingerprint density at radius 2 is 1.88 bits per heavy atom. The summed E-state index contributed by atoms with van der Waals surface area (Å²) in [6, 6.07) is 12.0. The first kappa shape index (κ1) is 17.4. The van der Waals surface area contributed by atoms with Gasteiger partial charge in [0.1, 0.15) is 35.3 Å². The molecule has 2 aromatic heterocycles. The van der Waals surface area contributed by atoms with E-state index in [9.17, 15) is 15.3 Å². The molecule has 1 saturated heterocycles. The second kappa shape index (κ2) is 7.34. The number of thioether (sulfide) groups is 1. The average molecular weight is 373 g/mol. The molecule has 0 aliphatic carbocycles. The number of benzene rings is 1. The third-order valence-corrected chi connectivity index (χ3v) is 5.56. The predicted molar refractivity (Wildman–Crippen MR) is 96.5 cm³/mol. The summed E-state index contributed by atoms with van der Waals surface area (Å²) < 4.78 is 7.28. The smallest absolute Gasteiger partial charge is 0.164 e. The fourth-order valence-corrected chi connectivity index (χ4v) is 4.04. The van der Waals surface area contributed by atoms with Crippen molar-refractivity contribution in [2.45, 2.75) is 35.3 Å². The Morgan fingerprint density at radius 1 is 1.08 bits per heavy atom. The summed E-state index contributed by atoms with van der Waals surface area (Å²) in [4.78, 5) is 8.69. The van der Waals surface area contributed by atoms with Crippen molar-refractivity contribution < 1.29 is 20.1 Å². The van der Waals surface area contributed by atoms with Crippen molar-refractivity contribution in [3.05, 3.63) is 54.5 Å². The molecule has 1 aliphatic heterocycles. The van der Waals surface area contributed by atoms with Crippen LogP contribution in [0, 0.1) is 0 Å². The summed E-state index contributed by atoms with van der Waals surface area (Å²) in [6.07, 6.45) is -0.670. The molecule has 136 valence electrons. The highest BCUT2D eigenvalue weighted by Gasteiger charge is 2.43. The normalized spacial score (nSPS) is 25.8. The summed E-state index contributed by atoms with van der Waals surface area (Å²) in [5.74, 6) is 0.784. The number of hydrogen-bond donors (Lipinski definition) is 3. The van der Waals surface area contributed by atoms with E-state index in [1.165, 1.54) is 11.9 Å². The van der Waals surface area contributed by atoms with E-state index < -0.39 is 24.5 Å². The lowest BCUT2D eigenvalue weighted by atomic mass is 10.1. The lowest BCUT2D eigenvalue weighted by Gasteiger charge is -2.17. The molecule has 3 heterocycles. The van der Waals surface area contributed by atoms with Crippen LogP contribution in [0.4, 0.5) is 0 Å². The summed E-state index contributed by atoms with van der Waals surface area (Å²) >= 11 is 1.61. The van der Waals surface area contributed by atoms with Crippen LogP contribution in [0.2, 0.25) is 0 Å². The quantitative estimate of drug-likeness (QED) is 0.458. The number of aromatic nitrogens is 3. The van der Waals surface area contributed by atoms with Crippen molar-refractivity contribution in [2.24, 2.45) is 0 Å². The number of ether oxygens (including phenoxy) is 1. The van der Waals surface area contributed by atoms with E-state index in [4.69, 9.17) is 4.74 Å². The van der Waals surface area contributed by atoms with Crippen LogP contribution in [0.25, 0.3) is 11.0 Å². The van der Waals surface area contributed by atoms with E-state index in [2.05, 4.69) is 22.1 Å². The maximum Gasteiger partial charge on any atom is 0.164 e. The lowest BCUT2D eigenvalue weighted by Crippen LogP contribution is -2.33. The molecular weight excluding hydrogens is 354 g/mol. The van der Waals surface area contributed by atoms with E-state index in [0.29, 0.717) is 5.65 Å². The molecule has 1 aliphatic rings. The van der Waals surface area contributed by atoms with Crippen LogP contribution in [0.3, 0.4) is 0 Å². The van der Waals surface area contributed by atoms with E-state index in [1.54, 1.807) is 22.5 Å². The van der Waals surface area contributed by atoms with Gasteiger partial charge in [-0.05, 0) is 11.6 Å². The zero-order chi connectivity index (χ0) is 18.1. The number of nitrogens with zero attached hydrogens (tertiary/aromatic N) is 3. The first-order valence-electron chi connectivity index (χ1n) is 8.29. The van der Waals surface area contributed by atoms with Gasteiger partial charge >= 0.3 is 0 Å². The summed E-state index contributed by atoms with van der Waals surface area (Å²) in [6.45, 7) is -0.360. The van der Waals surface area contributed by atoms with Crippen LogP contribution in [0.5, 0.6) is 0 Å². The Morgan fingerprint density at radius 3 is 2.62 bits per heavy atom. The van der Waals surface area contributed by atoms with Crippen LogP contribution in [-0.4, -0.2) is 54.8 Å². The molecule has 4 rings (SSSR count). The van der Waals surface area contributed by atoms with Crippen LogP contribution in [-0.2, 0) is 10.5 Å². The Labute approximate surface area is 154 Å². The second-order valence-electron chi connectivity index (χ2n) is 6.14. The van der Waals surface area contributed by atoms with Crippen molar-refractivity contribution in [1.29, 1.82) is 0 Å². The zero-order valence-corrected chi connectivity index (χ0v) is 14.7. The van der Waals surface area contributed by atoms with Crippen LogP contribution in [0.15, 0.2) is 53.9 Å². The molecule has 0 bridgehead atoms. The number of aliphatic hydroxyl groups is 3. The summed E-state index contributed by atoms with van der Waals surface area (Å²) in [5, 5.41) is 31.2. The van der Waals surface area contributed by atoms with Gasteiger partial charge in [-0.1, -0.05) is 30.3 Å². The topological polar surface area (TPSA) is 101 Å². The minimum atomic E-state index is -1.14. The zero-order valence-electron chi connectivity index (χ0n) is 13.8. The van der Waals surface area contributed by atoms with Crippen molar-refractivity contribution in [1.82, 2.24) is 14.5 Å². The van der Waals surface area contributed by atoms with Crippen LogP contribution in [0.1, 0.15) is 11.8 Å². The average Bonchev–Trinajstić information content (AvgIpc) is 3.23. The highest BCUT2D eigenvalue weighted by molar-refractivity contribution is 7.98. The van der Waals surface area contributed by atoms with Gasteiger partial charge in [0.15, 0.2) is 6.23 Å². The molecule has 8 heteroatoms. The van der Waals surface area contributed by atoms with Gasteiger partial charge in [0.2, 0.25) is 0 Å². The molecule has 3 N–H and O–H groups in total. The fraction of sp³-hybridized carbons (Fsp3) is 0.333. The van der Waals surface area contributed by atoms with E-state index in [1.807, 2.05) is 24.3 Å². The number of rotatable bonds is 5. The number of hydrogen-bond acceptors (Lipinski definition) is 7. The maximum absolute atomic E-state index is 10.3. The monoisotopic (exact) mass is 373 g/mol. The molecule has 0 radical (unpaired) electrons. The first-order chi connectivity index (χ1) is 12.7. The molecule has 0 unspecified atom stereocenters. The minimum Gasteiger partial charge on any atom is -0.394 e. The van der Waals surface area contributed by atoms with Gasteiger partial charge in [-0.2, -0.15) is 0 Å². The molecular formula is C18H19N3O4S. The fourth-order valence-electron chi connectivity index (χ4n) is 3.10. The summed E-state index contributed by atoms with van der Waals surface area (Å²) in [5.41, 5.74) is 1.82. The molecule has 3 aromatic rings. The van der Waals surface area contributed by atoms with Gasteiger partial charge in [-0.3, -0.25) is 0 Å². The van der Waals surface area contributed by atoms with Crippen LogP contribution >= 0.6 is 11.8 Å². The molecule has 0 amide bonds. The lowest BCUT2D eigenvalue weighted by molar-refractivity contribution is -0.0508. The highest BCUT2D eigenvalue weighted by atomic mass is 32.2. The molecule has 1 fully saturated rings. The van der Waals surface area contributed by atoms with E-state index >= 15 is 0 Å². The van der Waals surface area contributed by atoms with E-state index in [-0.39, 0.29) is 6.61 Å². The van der Waals surface area contributed by atoms with Crippen molar-refractivity contribution in [3.63, 3.8) is 0 Å². The number of aliphatic hydroxyl groups excluding tert-OH is 3. The highest BCUT2D eigenvalue weighted by Crippen LogP contribution is 2.34. The SMILES string of the molecule is OC[C@@H]1O[C@H](n2ccc3c(SCc4ccccc4)ncnc32)[C@H](O)[C@@H]1O. The third-order valence-electron chi connectivity index (χ3n) is 4.48. The van der Waals surface area contributed by atoms with Gasteiger partial charge in [0.05, 0.1) is 12.0 Å². The number of fused-ring (bicyclic) bond motifs is 1. The molecule has 1 aromatic carbocycles. The van der Waals surface area contributed by atoms with Crippen molar-refractivity contribution >= 4 is 22.8 Å². The molecule has 26 heavy (non-hydrogen) atoms. The largest absolute Gasteiger partial charge is 0.394 e. The van der Waals surface area contributed by atoms with Crippen LogP contribution < -0.4 is 0 Å². The Bertz CT molecular complexity index is 889. The minimum absolute atomic E-state index is 0.360. The van der Waals surface area contributed by atoms with E-state index in [0.717, 1.165) is 16.2 Å². The first-order valence-corrected chi connectivity index (χ1v) is 9.28.